The minimum Gasteiger partial charge on any atom is -0.497 e. The highest BCUT2D eigenvalue weighted by Crippen LogP contribution is 2.20. The van der Waals surface area contributed by atoms with Crippen LogP contribution in [-0.4, -0.2) is 58.3 Å². The molecule has 1 N–H and O–H groups in total. The van der Waals surface area contributed by atoms with Crippen molar-refractivity contribution in [2.45, 2.75) is 6.10 Å². The molecule has 1 saturated heterocycles. The van der Waals surface area contributed by atoms with Gasteiger partial charge in [0.05, 0.1) is 31.6 Å². The molecule has 0 radical (unpaired) electrons. The van der Waals surface area contributed by atoms with E-state index >= 15 is 0 Å². The van der Waals surface area contributed by atoms with Crippen molar-refractivity contribution in [1.29, 1.82) is 0 Å². The van der Waals surface area contributed by atoms with Gasteiger partial charge >= 0.3 is 0 Å². The van der Waals surface area contributed by atoms with Gasteiger partial charge in [0, 0.05) is 31.5 Å². The molecule has 10 nitrogen and oxygen atoms in total. The second kappa shape index (κ2) is 8.92. The van der Waals surface area contributed by atoms with Crippen LogP contribution in [0, 0.1) is 0 Å². The summed E-state index contributed by atoms with van der Waals surface area (Å²) in [6.45, 7) is 1.09. The molecular formula is C21H22N6O4. The number of rotatable bonds is 5. The molecule has 1 atom stereocenters. The lowest BCUT2D eigenvalue weighted by molar-refractivity contribution is -0.128. The first-order chi connectivity index (χ1) is 15.0. The Morgan fingerprint density at radius 1 is 1.23 bits per heavy atom. The lowest BCUT2D eigenvalue weighted by atomic mass is 10.2. The second-order valence-electron chi connectivity index (χ2n) is 6.96. The van der Waals surface area contributed by atoms with Crippen LogP contribution in [0.3, 0.4) is 0 Å². The van der Waals surface area contributed by atoms with Gasteiger partial charge in [-0.3, -0.25) is 14.2 Å². The Balaban J connectivity index is 1.53. The summed E-state index contributed by atoms with van der Waals surface area (Å²) in [6.07, 6.45) is 2.29. The molecule has 10 heteroatoms. The monoisotopic (exact) mass is 422 g/mol. The van der Waals surface area contributed by atoms with Crippen LogP contribution >= 0.6 is 0 Å². The average Bonchev–Trinajstić information content (AvgIpc) is 2.82. The number of benzene rings is 1. The number of aromatic nitrogens is 4. The zero-order chi connectivity index (χ0) is 21.8. The molecule has 160 valence electrons. The molecule has 3 heterocycles. The van der Waals surface area contributed by atoms with Crippen molar-refractivity contribution in [2.24, 2.45) is 7.05 Å². The highest BCUT2D eigenvalue weighted by molar-refractivity contribution is 5.94. The van der Waals surface area contributed by atoms with Crippen molar-refractivity contribution >= 4 is 17.5 Å². The summed E-state index contributed by atoms with van der Waals surface area (Å²) in [4.78, 5) is 39.8. The molecule has 0 saturated carbocycles. The number of amides is 1. The molecule has 0 aliphatic carbocycles. The number of morpholine rings is 1. The van der Waals surface area contributed by atoms with Crippen LogP contribution in [0.5, 0.6) is 5.75 Å². The van der Waals surface area contributed by atoms with E-state index < -0.39 is 6.10 Å². The number of nitrogens with zero attached hydrogens (tertiary/aromatic N) is 5. The molecule has 0 spiro atoms. The van der Waals surface area contributed by atoms with Gasteiger partial charge in [-0.05, 0) is 30.3 Å². The number of nitrogens with one attached hydrogen (secondary N) is 1. The number of methoxy groups -OCH3 is 1. The van der Waals surface area contributed by atoms with Gasteiger partial charge in [0.25, 0.3) is 11.5 Å². The maximum atomic E-state index is 12.7. The van der Waals surface area contributed by atoms with E-state index in [2.05, 4.69) is 20.3 Å². The second-order valence-corrected chi connectivity index (χ2v) is 6.96. The average molecular weight is 422 g/mol. The van der Waals surface area contributed by atoms with E-state index in [1.54, 1.807) is 50.7 Å². The number of hydrogen-bond acceptors (Lipinski definition) is 8. The SMILES string of the molecule is COc1ccc(NC(=O)C2CN(c3nc(-c4ccncn4)cc(=O)n3C)CCO2)cc1. The first-order valence-corrected chi connectivity index (χ1v) is 9.71. The normalized spacial score (nSPS) is 16.1. The maximum Gasteiger partial charge on any atom is 0.255 e. The summed E-state index contributed by atoms with van der Waals surface area (Å²) >= 11 is 0. The number of carbonyl (C=O) groups is 1. The van der Waals surface area contributed by atoms with Gasteiger partial charge in [0.1, 0.15) is 12.1 Å². The van der Waals surface area contributed by atoms with E-state index in [-0.39, 0.29) is 18.0 Å². The Kier molecular flexibility index (Phi) is 5.89. The van der Waals surface area contributed by atoms with Gasteiger partial charge in [-0.15, -0.1) is 0 Å². The van der Waals surface area contributed by atoms with Crippen molar-refractivity contribution in [1.82, 2.24) is 19.5 Å². The lowest BCUT2D eigenvalue weighted by Gasteiger charge is -2.33. The van der Waals surface area contributed by atoms with E-state index in [1.807, 2.05) is 4.90 Å². The summed E-state index contributed by atoms with van der Waals surface area (Å²) in [5.41, 5.74) is 1.43. The standard InChI is InChI=1S/C21H22N6O4/c1-26-19(28)11-17(16-7-8-22-13-23-16)25-21(26)27-9-10-31-18(12-27)20(29)24-14-3-5-15(30-2)6-4-14/h3-8,11,13,18H,9-10,12H2,1-2H3,(H,24,29). The minimum absolute atomic E-state index is 0.218. The maximum absolute atomic E-state index is 12.7. The molecule has 1 aromatic carbocycles. The topological polar surface area (TPSA) is 111 Å². The molecule has 1 fully saturated rings. The van der Waals surface area contributed by atoms with Crippen molar-refractivity contribution in [2.75, 3.05) is 37.0 Å². The van der Waals surface area contributed by atoms with Gasteiger partial charge in [0.15, 0.2) is 6.10 Å². The fourth-order valence-corrected chi connectivity index (χ4v) is 3.27. The number of ether oxygens (including phenoxy) is 2. The summed E-state index contributed by atoms with van der Waals surface area (Å²) in [5, 5.41) is 2.85. The molecule has 1 unspecified atom stereocenters. The van der Waals surface area contributed by atoms with E-state index in [1.165, 1.54) is 17.0 Å². The third-order valence-electron chi connectivity index (χ3n) is 4.95. The third kappa shape index (κ3) is 4.53. The van der Waals surface area contributed by atoms with Crippen molar-refractivity contribution in [3.05, 3.63) is 59.3 Å². The van der Waals surface area contributed by atoms with Crippen molar-refractivity contribution in [3.8, 4) is 17.1 Å². The van der Waals surface area contributed by atoms with Crippen LogP contribution in [0.2, 0.25) is 0 Å². The lowest BCUT2D eigenvalue weighted by Crippen LogP contribution is -2.49. The fraction of sp³-hybridized carbons (Fsp3) is 0.286. The molecule has 3 aromatic rings. The Morgan fingerprint density at radius 3 is 2.74 bits per heavy atom. The number of hydrogen-bond donors (Lipinski definition) is 1. The molecule has 1 aliphatic rings. The smallest absolute Gasteiger partial charge is 0.255 e. The van der Waals surface area contributed by atoms with Gasteiger partial charge in [-0.25, -0.2) is 15.0 Å². The van der Waals surface area contributed by atoms with Crippen LogP contribution in [0.15, 0.2) is 53.7 Å². The quantitative estimate of drug-likeness (QED) is 0.650. The summed E-state index contributed by atoms with van der Waals surface area (Å²) in [5.74, 6) is 0.882. The van der Waals surface area contributed by atoms with E-state index in [0.29, 0.717) is 41.9 Å². The van der Waals surface area contributed by atoms with Gasteiger partial charge in [-0.1, -0.05) is 0 Å². The molecule has 31 heavy (non-hydrogen) atoms. The molecule has 4 rings (SSSR count). The zero-order valence-corrected chi connectivity index (χ0v) is 17.2. The van der Waals surface area contributed by atoms with Gasteiger partial charge in [-0.2, -0.15) is 0 Å². The summed E-state index contributed by atoms with van der Waals surface area (Å²) < 4.78 is 12.3. The Labute approximate surface area is 178 Å². The Hall–Kier alpha value is -3.79. The fourth-order valence-electron chi connectivity index (χ4n) is 3.27. The first kappa shape index (κ1) is 20.5. The molecule has 2 aromatic heterocycles. The van der Waals surface area contributed by atoms with E-state index in [4.69, 9.17) is 9.47 Å². The number of anilines is 2. The van der Waals surface area contributed by atoms with Crippen LogP contribution in [0.4, 0.5) is 11.6 Å². The van der Waals surface area contributed by atoms with Crippen molar-refractivity contribution in [3.63, 3.8) is 0 Å². The highest BCUT2D eigenvalue weighted by Gasteiger charge is 2.29. The Morgan fingerprint density at radius 2 is 2.03 bits per heavy atom. The zero-order valence-electron chi connectivity index (χ0n) is 17.2. The van der Waals surface area contributed by atoms with Crippen LogP contribution < -0.4 is 20.5 Å². The molecule has 0 bridgehead atoms. The predicted molar refractivity (Wildman–Crippen MR) is 114 cm³/mol. The minimum atomic E-state index is -0.713. The largest absolute Gasteiger partial charge is 0.497 e. The van der Waals surface area contributed by atoms with Crippen LogP contribution in [-0.2, 0) is 16.6 Å². The predicted octanol–water partition coefficient (Wildman–Crippen LogP) is 1.09. The highest BCUT2D eigenvalue weighted by atomic mass is 16.5. The van der Waals surface area contributed by atoms with E-state index in [0.717, 1.165) is 0 Å². The molecular weight excluding hydrogens is 400 g/mol. The third-order valence-corrected chi connectivity index (χ3v) is 4.95. The van der Waals surface area contributed by atoms with Crippen molar-refractivity contribution < 1.29 is 14.3 Å². The van der Waals surface area contributed by atoms with E-state index in [9.17, 15) is 9.59 Å². The first-order valence-electron chi connectivity index (χ1n) is 9.71. The number of carbonyl (C=O) groups excluding carboxylic acids is 1. The summed E-state index contributed by atoms with van der Waals surface area (Å²) in [6, 6.07) is 10.2. The van der Waals surface area contributed by atoms with Crippen LogP contribution in [0.1, 0.15) is 0 Å². The van der Waals surface area contributed by atoms with Gasteiger partial charge < -0.3 is 19.7 Å². The molecule has 1 amide bonds. The van der Waals surface area contributed by atoms with Crippen LogP contribution in [0.25, 0.3) is 11.4 Å². The summed E-state index contributed by atoms with van der Waals surface area (Å²) in [7, 11) is 3.23. The Bertz CT molecular complexity index is 1120. The van der Waals surface area contributed by atoms with Gasteiger partial charge in [0.2, 0.25) is 5.95 Å². The molecule has 1 aliphatic heterocycles.